The number of rotatable bonds is 7. The molecule has 4 atom stereocenters. The number of amides is 3. The first-order chi connectivity index (χ1) is 18.0. The van der Waals surface area contributed by atoms with Gasteiger partial charge in [-0.15, -0.1) is 0 Å². The van der Waals surface area contributed by atoms with Crippen molar-refractivity contribution in [1.82, 2.24) is 10.2 Å². The summed E-state index contributed by atoms with van der Waals surface area (Å²) in [6.07, 6.45) is -0.0688. The van der Waals surface area contributed by atoms with Gasteiger partial charge in [0.2, 0.25) is 5.91 Å². The number of aliphatic hydroxyl groups is 1. The Morgan fingerprint density at radius 1 is 1.05 bits per heavy atom. The maximum absolute atomic E-state index is 13.2. The smallest absolute Gasteiger partial charge is 0.322 e. The number of urea groups is 1. The summed E-state index contributed by atoms with van der Waals surface area (Å²) in [5.74, 6) is 1.29. The lowest BCUT2D eigenvalue weighted by atomic mass is 9.95. The van der Waals surface area contributed by atoms with E-state index in [9.17, 15) is 14.7 Å². The molecule has 0 saturated carbocycles. The number of aliphatic hydroxyl groups excluding tert-OH is 1. The molecule has 0 radical (unpaired) electrons. The number of carbonyl (C=O) groups is 2. The molecule has 0 bridgehead atoms. The Morgan fingerprint density at radius 3 is 2.59 bits per heavy atom. The Labute approximate surface area is 216 Å². The monoisotopic (exact) mass is 513 g/mol. The van der Waals surface area contributed by atoms with Crippen LogP contribution in [0, 0.1) is 0 Å². The van der Waals surface area contributed by atoms with Gasteiger partial charge in [0.25, 0.3) is 0 Å². The van der Waals surface area contributed by atoms with Crippen LogP contribution >= 0.6 is 0 Å². The number of para-hydroxylation sites is 1. The first kappa shape index (κ1) is 26.7. The molecule has 0 unspecified atom stereocenters. The standard InChI is InChI=1S/C27H35N3O7/c1-34-21-9-7-19(8-10-21)29-27(33)30-15-20(31)16-36-17-25-23(30)12-11-22(37-25)13-26(32)28-14-18-5-3-4-6-24(18)35-2/h3-10,20,22-23,25,31H,11-17H2,1-2H3,(H,28,32)(H,29,33)/t20-,22-,23-,25+/m0/s1. The Hall–Kier alpha value is -3.34. The van der Waals surface area contributed by atoms with Crippen LogP contribution in [0.4, 0.5) is 10.5 Å². The summed E-state index contributed by atoms with van der Waals surface area (Å²) >= 11 is 0. The molecular weight excluding hydrogens is 478 g/mol. The number of hydrogen-bond acceptors (Lipinski definition) is 7. The minimum absolute atomic E-state index is 0.100. The van der Waals surface area contributed by atoms with Gasteiger partial charge in [0, 0.05) is 17.8 Å². The van der Waals surface area contributed by atoms with Gasteiger partial charge < -0.3 is 39.6 Å². The van der Waals surface area contributed by atoms with Gasteiger partial charge in [0.15, 0.2) is 0 Å². The van der Waals surface area contributed by atoms with E-state index in [1.807, 2.05) is 24.3 Å². The summed E-state index contributed by atoms with van der Waals surface area (Å²) in [4.78, 5) is 27.5. The molecule has 2 saturated heterocycles. The zero-order chi connectivity index (χ0) is 26.2. The average molecular weight is 514 g/mol. The highest BCUT2D eigenvalue weighted by atomic mass is 16.5. The number of carbonyl (C=O) groups excluding carboxylic acids is 2. The van der Waals surface area contributed by atoms with E-state index in [-0.39, 0.29) is 50.3 Å². The molecule has 2 aliphatic heterocycles. The molecule has 3 N–H and O–H groups in total. The fourth-order valence-electron chi connectivity index (χ4n) is 4.77. The van der Waals surface area contributed by atoms with Gasteiger partial charge >= 0.3 is 6.03 Å². The summed E-state index contributed by atoms with van der Waals surface area (Å²) in [6, 6.07) is 14.0. The molecule has 2 fully saturated rings. The Kier molecular flexibility index (Phi) is 9.21. The SMILES string of the molecule is COc1ccc(NC(=O)N2C[C@H](O)COC[C@H]3O[C@H](CC(=O)NCc4ccccc4OC)CC[C@@H]32)cc1. The summed E-state index contributed by atoms with van der Waals surface area (Å²) in [6.45, 7) is 0.814. The summed E-state index contributed by atoms with van der Waals surface area (Å²) in [7, 11) is 3.18. The molecule has 200 valence electrons. The van der Waals surface area contributed by atoms with Crippen LogP contribution in [-0.4, -0.2) is 80.3 Å². The van der Waals surface area contributed by atoms with Crippen LogP contribution < -0.4 is 20.1 Å². The lowest BCUT2D eigenvalue weighted by Crippen LogP contribution is -2.58. The average Bonchev–Trinajstić information content (AvgIpc) is 2.90. The number of nitrogens with one attached hydrogen (secondary N) is 2. The zero-order valence-electron chi connectivity index (χ0n) is 21.2. The molecule has 0 spiro atoms. The predicted octanol–water partition coefficient (Wildman–Crippen LogP) is 2.55. The molecule has 10 heteroatoms. The van der Waals surface area contributed by atoms with E-state index in [4.69, 9.17) is 18.9 Å². The second-order valence-electron chi connectivity index (χ2n) is 9.24. The van der Waals surface area contributed by atoms with Crippen molar-refractivity contribution in [3.63, 3.8) is 0 Å². The number of fused-ring (bicyclic) bond motifs is 1. The number of β-amino-alcohol motifs (C(OH)–C–C–N with tert-alkyl or cyclic N) is 1. The molecule has 2 aliphatic rings. The fraction of sp³-hybridized carbons (Fsp3) is 0.481. The second-order valence-corrected chi connectivity index (χ2v) is 9.24. The van der Waals surface area contributed by atoms with Gasteiger partial charge in [-0.2, -0.15) is 0 Å². The molecule has 0 aliphatic carbocycles. The number of methoxy groups -OCH3 is 2. The fourth-order valence-corrected chi connectivity index (χ4v) is 4.77. The molecular formula is C27H35N3O7. The van der Waals surface area contributed by atoms with Crippen molar-refractivity contribution >= 4 is 17.6 Å². The van der Waals surface area contributed by atoms with Crippen LogP contribution in [0.2, 0.25) is 0 Å². The third-order valence-electron chi connectivity index (χ3n) is 6.66. The van der Waals surface area contributed by atoms with E-state index in [0.29, 0.717) is 30.8 Å². The highest BCUT2D eigenvalue weighted by Gasteiger charge is 2.40. The van der Waals surface area contributed by atoms with E-state index in [2.05, 4.69) is 10.6 Å². The minimum atomic E-state index is -0.805. The van der Waals surface area contributed by atoms with Gasteiger partial charge in [-0.25, -0.2) is 4.79 Å². The maximum Gasteiger partial charge on any atom is 0.322 e. The van der Waals surface area contributed by atoms with Crippen LogP contribution in [0.1, 0.15) is 24.8 Å². The summed E-state index contributed by atoms with van der Waals surface area (Å²) < 4.78 is 22.4. The first-order valence-corrected chi connectivity index (χ1v) is 12.5. The Morgan fingerprint density at radius 2 is 1.84 bits per heavy atom. The number of hydrogen-bond donors (Lipinski definition) is 3. The number of ether oxygens (including phenoxy) is 4. The largest absolute Gasteiger partial charge is 0.497 e. The molecule has 4 rings (SSSR count). The Balaban J connectivity index is 1.35. The third kappa shape index (κ3) is 7.12. The van der Waals surface area contributed by atoms with E-state index < -0.39 is 12.2 Å². The lowest BCUT2D eigenvalue weighted by molar-refractivity contribution is -0.149. The number of benzene rings is 2. The van der Waals surface area contributed by atoms with Gasteiger partial charge in [-0.05, 0) is 43.2 Å². The molecule has 37 heavy (non-hydrogen) atoms. The quantitative estimate of drug-likeness (QED) is 0.521. The summed E-state index contributed by atoms with van der Waals surface area (Å²) in [5.41, 5.74) is 1.52. The predicted molar refractivity (Wildman–Crippen MR) is 137 cm³/mol. The first-order valence-electron chi connectivity index (χ1n) is 12.5. The van der Waals surface area contributed by atoms with Gasteiger partial charge in [-0.3, -0.25) is 4.79 Å². The van der Waals surface area contributed by atoms with Crippen molar-refractivity contribution in [3.8, 4) is 11.5 Å². The highest BCUT2D eigenvalue weighted by Crippen LogP contribution is 2.28. The zero-order valence-corrected chi connectivity index (χ0v) is 21.2. The number of nitrogens with zero attached hydrogens (tertiary/aromatic N) is 1. The van der Waals surface area contributed by atoms with E-state index in [1.165, 1.54) is 0 Å². The van der Waals surface area contributed by atoms with Crippen molar-refractivity contribution in [2.75, 3.05) is 39.3 Å². The molecule has 2 aromatic rings. The summed E-state index contributed by atoms with van der Waals surface area (Å²) in [5, 5.41) is 16.2. The van der Waals surface area contributed by atoms with E-state index in [1.54, 1.807) is 43.4 Å². The number of anilines is 1. The van der Waals surface area contributed by atoms with Crippen LogP contribution in [0.5, 0.6) is 11.5 Å². The van der Waals surface area contributed by atoms with Gasteiger partial charge in [0.05, 0.1) is 58.6 Å². The van der Waals surface area contributed by atoms with Crippen LogP contribution in [0.3, 0.4) is 0 Å². The van der Waals surface area contributed by atoms with Crippen LogP contribution in [-0.2, 0) is 20.8 Å². The molecule has 3 amide bonds. The normalized spacial score (nSPS) is 23.7. The maximum atomic E-state index is 13.2. The minimum Gasteiger partial charge on any atom is -0.497 e. The van der Waals surface area contributed by atoms with Crippen molar-refractivity contribution in [1.29, 1.82) is 0 Å². The van der Waals surface area contributed by atoms with Crippen LogP contribution in [0.25, 0.3) is 0 Å². The molecule has 2 heterocycles. The van der Waals surface area contributed by atoms with Crippen molar-refractivity contribution in [2.24, 2.45) is 0 Å². The van der Waals surface area contributed by atoms with Gasteiger partial charge in [0.1, 0.15) is 17.6 Å². The third-order valence-corrected chi connectivity index (χ3v) is 6.66. The van der Waals surface area contributed by atoms with Crippen LogP contribution in [0.15, 0.2) is 48.5 Å². The van der Waals surface area contributed by atoms with Gasteiger partial charge in [-0.1, -0.05) is 18.2 Å². The molecule has 2 aromatic carbocycles. The Bertz CT molecular complexity index is 1050. The van der Waals surface area contributed by atoms with Crippen molar-refractivity contribution < 1.29 is 33.6 Å². The molecule has 0 aromatic heterocycles. The second kappa shape index (κ2) is 12.8. The topological polar surface area (TPSA) is 119 Å². The highest BCUT2D eigenvalue weighted by molar-refractivity contribution is 5.89. The van der Waals surface area contributed by atoms with Crippen molar-refractivity contribution in [3.05, 3.63) is 54.1 Å². The van der Waals surface area contributed by atoms with Crippen molar-refractivity contribution in [2.45, 2.75) is 50.2 Å². The lowest BCUT2D eigenvalue weighted by Gasteiger charge is -2.44. The van der Waals surface area contributed by atoms with E-state index in [0.717, 1.165) is 11.3 Å². The molecule has 10 nitrogen and oxygen atoms in total. The van der Waals surface area contributed by atoms with E-state index >= 15 is 0 Å².